The summed E-state index contributed by atoms with van der Waals surface area (Å²) in [6.07, 6.45) is 1.68. The van der Waals surface area contributed by atoms with Crippen molar-refractivity contribution in [1.82, 2.24) is 15.3 Å². The highest BCUT2D eigenvalue weighted by molar-refractivity contribution is 7.07. The number of thiazole rings is 1. The maximum absolute atomic E-state index is 12.0. The average Bonchev–Trinajstić information content (AvgIpc) is 3.12. The van der Waals surface area contributed by atoms with Gasteiger partial charge in [-0.2, -0.15) is 0 Å². The standard InChI is InChI=1S/C18H17N3O2S/c1-12-5-3-6-13(2)16(12)23-18-14(7-4-8-19-18)9-20-17(22)15-10-24-11-21-15/h3-8,10-11H,9H2,1-2H3,(H,20,22). The molecule has 0 spiro atoms. The summed E-state index contributed by atoms with van der Waals surface area (Å²) in [7, 11) is 0. The molecule has 0 saturated carbocycles. The second-order valence-electron chi connectivity index (χ2n) is 5.35. The number of nitrogens with zero attached hydrogens (tertiary/aromatic N) is 2. The smallest absolute Gasteiger partial charge is 0.271 e. The normalized spacial score (nSPS) is 10.4. The van der Waals surface area contributed by atoms with Crippen LogP contribution in [0.3, 0.4) is 0 Å². The summed E-state index contributed by atoms with van der Waals surface area (Å²) in [5, 5.41) is 4.56. The molecule has 0 aliphatic carbocycles. The van der Waals surface area contributed by atoms with Gasteiger partial charge in [0.1, 0.15) is 11.4 Å². The first-order valence-electron chi connectivity index (χ1n) is 7.49. The third-order valence-corrected chi connectivity index (χ3v) is 4.15. The average molecular weight is 339 g/mol. The van der Waals surface area contributed by atoms with Crippen molar-refractivity contribution in [1.29, 1.82) is 0 Å². The van der Waals surface area contributed by atoms with Crippen LogP contribution in [0.1, 0.15) is 27.2 Å². The molecule has 2 aromatic heterocycles. The molecule has 0 aliphatic heterocycles. The second kappa shape index (κ2) is 7.23. The van der Waals surface area contributed by atoms with Crippen LogP contribution in [0.2, 0.25) is 0 Å². The summed E-state index contributed by atoms with van der Waals surface area (Å²) in [4.78, 5) is 20.3. The maximum atomic E-state index is 12.0. The van der Waals surface area contributed by atoms with E-state index in [-0.39, 0.29) is 5.91 Å². The molecule has 3 aromatic rings. The number of aryl methyl sites for hydroxylation is 2. The van der Waals surface area contributed by atoms with E-state index in [0.29, 0.717) is 18.1 Å². The third-order valence-electron chi connectivity index (χ3n) is 3.56. The van der Waals surface area contributed by atoms with E-state index in [4.69, 9.17) is 4.74 Å². The Labute approximate surface area is 144 Å². The van der Waals surface area contributed by atoms with Crippen LogP contribution in [0.15, 0.2) is 47.4 Å². The molecule has 24 heavy (non-hydrogen) atoms. The predicted molar refractivity (Wildman–Crippen MR) is 93.5 cm³/mol. The maximum Gasteiger partial charge on any atom is 0.271 e. The molecule has 0 atom stereocenters. The lowest BCUT2D eigenvalue weighted by Gasteiger charge is -2.14. The van der Waals surface area contributed by atoms with Gasteiger partial charge >= 0.3 is 0 Å². The number of para-hydroxylation sites is 1. The van der Waals surface area contributed by atoms with E-state index in [0.717, 1.165) is 22.4 Å². The van der Waals surface area contributed by atoms with Crippen molar-refractivity contribution in [2.75, 3.05) is 0 Å². The molecular formula is C18H17N3O2S. The van der Waals surface area contributed by atoms with Crippen molar-refractivity contribution in [2.24, 2.45) is 0 Å². The SMILES string of the molecule is Cc1cccc(C)c1Oc1ncccc1CNC(=O)c1cscn1. The number of rotatable bonds is 5. The lowest BCUT2D eigenvalue weighted by Crippen LogP contribution is -2.23. The number of nitrogens with one attached hydrogen (secondary N) is 1. The van der Waals surface area contributed by atoms with Crippen molar-refractivity contribution in [3.8, 4) is 11.6 Å². The van der Waals surface area contributed by atoms with E-state index < -0.39 is 0 Å². The van der Waals surface area contributed by atoms with Crippen molar-refractivity contribution in [2.45, 2.75) is 20.4 Å². The van der Waals surface area contributed by atoms with Crippen molar-refractivity contribution in [3.05, 3.63) is 69.8 Å². The minimum atomic E-state index is -0.210. The Kier molecular flexibility index (Phi) is 4.86. The van der Waals surface area contributed by atoms with Gasteiger partial charge in [-0.05, 0) is 31.0 Å². The first-order valence-corrected chi connectivity index (χ1v) is 8.44. The molecule has 2 heterocycles. The molecule has 1 N–H and O–H groups in total. The van der Waals surface area contributed by atoms with Crippen LogP contribution in [-0.4, -0.2) is 15.9 Å². The molecule has 1 amide bonds. The van der Waals surface area contributed by atoms with Gasteiger partial charge in [-0.1, -0.05) is 24.3 Å². The Hall–Kier alpha value is -2.73. The van der Waals surface area contributed by atoms with Gasteiger partial charge in [0.2, 0.25) is 5.88 Å². The van der Waals surface area contributed by atoms with E-state index in [9.17, 15) is 4.79 Å². The van der Waals surface area contributed by atoms with E-state index in [2.05, 4.69) is 15.3 Å². The molecular weight excluding hydrogens is 322 g/mol. The molecule has 0 radical (unpaired) electrons. The van der Waals surface area contributed by atoms with Gasteiger partial charge in [-0.15, -0.1) is 11.3 Å². The second-order valence-corrected chi connectivity index (χ2v) is 6.07. The van der Waals surface area contributed by atoms with E-state index >= 15 is 0 Å². The van der Waals surface area contributed by atoms with E-state index in [1.54, 1.807) is 17.1 Å². The first-order chi connectivity index (χ1) is 11.6. The highest BCUT2D eigenvalue weighted by atomic mass is 32.1. The number of hydrogen-bond acceptors (Lipinski definition) is 5. The molecule has 0 unspecified atom stereocenters. The molecule has 0 bridgehead atoms. The van der Waals surface area contributed by atoms with Crippen LogP contribution in [0, 0.1) is 13.8 Å². The Morgan fingerprint density at radius 2 is 1.96 bits per heavy atom. The van der Waals surface area contributed by atoms with E-state index in [1.807, 2.05) is 44.2 Å². The highest BCUT2D eigenvalue weighted by Gasteiger charge is 2.12. The van der Waals surface area contributed by atoms with Gasteiger partial charge < -0.3 is 10.1 Å². The minimum Gasteiger partial charge on any atom is -0.438 e. The van der Waals surface area contributed by atoms with Gasteiger partial charge in [0, 0.05) is 23.7 Å². The molecule has 6 heteroatoms. The number of benzene rings is 1. The molecule has 0 fully saturated rings. The Morgan fingerprint density at radius 3 is 2.67 bits per heavy atom. The first kappa shape index (κ1) is 16.1. The summed E-state index contributed by atoms with van der Waals surface area (Å²) in [6.45, 7) is 4.31. The monoisotopic (exact) mass is 339 g/mol. The minimum absolute atomic E-state index is 0.210. The van der Waals surface area contributed by atoms with E-state index in [1.165, 1.54) is 11.3 Å². The number of amides is 1. The summed E-state index contributed by atoms with van der Waals surface area (Å²) in [5.41, 5.74) is 4.94. The van der Waals surface area contributed by atoms with Crippen LogP contribution in [-0.2, 0) is 6.54 Å². The molecule has 3 rings (SSSR count). The Bertz CT molecular complexity index is 827. The van der Waals surface area contributed by atoms with Crippen LogP contribution in [0.25, 0.3) is 0 Å². The molecule has 0 saturated heterocycles. The topological polar surface area (TPSA) is 64.1 Å². The number of carbonyl (C=O) groups is 1. The van der Waals surface area contributed by atoms with Gasteiger partial charge in [0.05, 0.1) is 5.51 Å². The number of hydrogen-bond donors (Lipinski definition) is 1. The molecule has 1 aromatic carbocycles. The molecule has 0 aliphatic rings. The van der Waals surface area contributed by atoms with Gasteiger partial charge in [-0.3, -0.25) is 4.79 Å². The fourth-order valence-corrected chi connectivity index (χ4v) is 2.83. The lowest BCUT2D eigenvalue weighted by atomic mass is 10.1. The van der Waals surface area contributed by atoms with Crippen molar-refractivity contribution >= 4 is 17.2 Å². The van der Waals surface area contributed by atoms with Crippen LogP contribution < -0.4 is 10.1 Å². The Balaban J connectivity index is 1.77. The fraction of sp³-hybridized carbons (Fsp3) is 0.167. The van der Waals surface area contributed by atoms with Gasteiger partial charge in [-0.25, -0.2) is 9.97 Å². The zero-order chi connectivity index (χ0) is 16.9. The Morgan fingerprint density at radius 1 is 1.17 bits per heavy atom. The highest BCUT2D eigenvalue weighted by Crippen LogP contribution is 2.29. The van der Waals surface area contributed by atoms with Crippen LogP contribution >= 0.6 is 11.3 Å². The summed E-state index contributed by atoms with van der Waals surface area (Å²) in [5.74, 6) is 1.08. The van der Waals surface area contributed by atoms with Gasteiger partial charge in [0.25, 0.3) is 5.91 Å². The zero-order valence-corrected chi connectivity index (χ0v) is 14.3. The number of carbonyl (C=O) groups excluding carboxylic acids is 1. The number of pyridine rings is 1. The van der Waals surface area contributed by atoms with Crippen molar-refractivity contribution < 1.29 is 9.53 Å². The fourth-order valence-electron chi connectivity index (χ4n) is 2.30. The lowest BCUT2D eigenvalue weighted by molar-refractivity contribution is 0.0946. The van der Waals surface area contributed by atoms with Crippen molar-refractivity contribution in [3.63, 3.8) is 0 Å². The zero-order valence-electron chi connectivity index (χ0n) is 13.4. The van der Waals surface area contributed by atoms with Gasteiger partial charge in [0.15, 0.2) is 0 Å². The summed E-state index contributed by atoms with van der Waals surface area (Å²) < 4.78 is 6.02. The molecule has 122 valence electrons. The van der Waals surface area contributed by atoms with Crippen LogP contribution in [0.4, 0.5) is 0 Å². The number of aromatic nitrogens is 2. The quantitative estimate of drug-likeness (QED) is 0.766. The predicted octanol–water partition coefficient (Wildman–Crippen LogP) is 3.88. The summed E-state index contributed by atoms with van der Waals surface area (Å²) in [6, 6.07) is 9.69. The third kappa shape index (κ3) is 3.60. The largest absolute Gasteiger partial charge is 0.438 e. The number of ether oxygens (including phenoxy) is 1. The summed E-state index contributed by atoms with van der Waals surface area (Å²) >= 11 is 1.39. The van der Waals surface area contributed by atoms with Crippen LogP contribution in [0.5, 0.6) is 11.6 Å². The molecule has 5 nitrogen and oxygen atoms in total.